The van der Waals surface area contributed by atoms with Crippen molar-refractivity contribution >= 4 is 57.2 Å². The summed E-state index contributed by atoms with van der Waals surface area (Å²) in [5, 5.41) is 0.621. The quantitative estimate of drug-likeness (QED) is 0.375. The molecule has 3 aromatic heterocycles. The molecule has 0 aliphatic heterocycles. The third kappa shape index (κ3) is 2.36. The number of hydrogen-bond donors (Lipinski definition) is 0. The Morgan fingerprint density at radius 1 is 1.22 bits per heavy atom. The van der Waals surface area contributed by atoms with Crippen LogP contribution in [0.2, 0.25) is 5.02 Å². The smallest absolute Gasteiger partial charge is 0.205 e. The largest absolute Gasteiger partial charge is 0.298 e. The molecule has 0 unspecified atom stereocenters. The van der Waals surface area contributed by atoms with Crippen molar-refractivity contribution in [1.82, 2.24) is 9.38 Å². The molecule has 0 spiro atoms. The second kappa shape index (κ2) is 5.67. The Bertz CT molecular complexity index is 1030. The van der Waals surface area contributed by atoms with Gasteiger partial charge in [0.05, 0.1) is 9.73 Å². The number of carbonyl (C=O) groups excluding carboxylic acids is 1. The number of aromatic nitrogens is 2. The van der Waals surface area contributed by atoms with E-state index < -0.39 is 0 Å². The molecule has 0 atom stereocenters. The maximum absolute atomic E-state index is 12.9. The molecule has 0 radical (unpaired) electrons. The molecule has 0 aliphatic rings. The van der Waals surface area contributed by atoms with Crippen LogP contribution in [-0.2, 0) is 0 Å². The summed E-state index contributed by atoms with van der Waals surface area (Å²) in [5.41, 5.74) is 3.26. The number of hydrogen-bond acceptors (Lipinski definition) is 4. The lowest BCUT2D eigenvalue weighted by molar-refractivity contribution is 0.104. The van der Waals surface area contributed by atoms with E-state index in [1.807, 2.05) is 35.1 Å². The Balaban J connectivity index is 1.96. The van der Waals surface area contributed by atoms with Crippen molar-refractivity contribution in [3.05, 3.63) is 64.1 Å². The summed E-state index contributed by atoms with van der Waals surface area (Å²) >= 11 is 9.05. The molecule has 3 heterocycles. The predicted molar refractivity (Wildman–Crippen MR) is 97.2 cm³/mol. The van der Waals surface area contributed by atoms with Crippen molar-refractivity contribution < 1.29 is 4.79 Å². The molecule has 0 aliphatic carbocycles. The molecule has 0 saturated carbocycles. The fourth-order valence-corrected chi connectivity index (χ4v) is 4.59. The van der Waals surface area contributed by atoms with Crippen molar-refractivity contribution in [2.24, 2.45) is 0 Å². The molecule has 4 rings (SSSR count). The van der Waals surface area contributed by atoms with Crippen LogP contribution in [0.3, 0.4) is 0 Å². The first-order chi connectivity index (χ1) is 11.2. The van der Waals surface area contributed by atoms with Gasteiger partial charge in [-0.05, 0) is 42.7 Å². The number of fused-ring (bicyclic) bond motifs is 3. The van der Waals surface area contributed by atoms with Crippen LogP contribution in [-0.4, -0.2) is 21.4 Å². The van der Waals surface area contributed by atoms with Crippen molar-refractivity contribution in [1.29, 1.82) is 0 Å². The zero-order valence-electron chi connectivity index (χ0n) is 12.1. The number of nitrogens with zero attached hydrogens (tertiary/aromatic N) is 2. The lowest BCUT2D eigenvalue weighted by atomic mass is 10.1. The van der Waals surface area contributed by atoms with Gasteiger partial charge in [-0.2, -0.15) is 0 Å². The van der Waals surface area contributed by atoms with Crippen molar-refractivity contribution in [2.75, 3.05) is 6.26 Å². The van der Waals surface area contributed by atoms with Crippen LogP contribution >= 0.6 is 34.7 Å². The summed E-state index contributed by atoms with van der Waals surface area (Å²) in [7, 11) is 0. The predicted octanol–water partition coefficient (Wildman–Crippen LogP) is 5.16. The van der Waals surface area contributed by atoms with E-state index in [9.17, 15) is 4.79 Å². The van der Waals surface area contributed by atoms with Gasteiger partial charge < -0.3 is 0 Å². The third-order valence-electron chi connectivity index (χ3n) is 3.63. The standard InChI is InChI=1S/C17H11ClN2OS2/c1-22-17-14-13(19-12-4-2-3-9-20(12)14)16(23-17)15(21)10-5-7-11(18)8-6-10/h2-9H,1H3. The summed E-state index contributed by atoms with van der Waals surface area (Å²) in [6.45, 7) is 0. The molecule has 0 saturated heterocycles. The van der Waals surface area contributed by atoms with Gasteiger partial charge in [0.1, 0.15) is 16.0 Å². The minimum atomic E-state index is -0.0135. The molecule has 0 fully saturated rings. The average Bonchev–Trinajstić information content (AvgIpc) is 3.11. The molecule has 1 aromatic carbocycles. The van der Waals surface area contributed by atoms with Crippen molar-refractivity contribution in [3.63, 3.8) is 0 Å². The molecule has 0 amide bonds. The van der Waals surface area contributed by atoms with E-state index in [1.54, 1.807) is 36.0 Å². The molecular weight excluding hydrogens is 348 g/mol. The fourth-order valence-electron chi connectivity index (χ4n) is 2.56. The van der Waals surface area contributed by atoms with Gasteiger partial charge in [0.25, 0.3) is 0 Å². The van der Waals surface area contributed by atoms with Crippen LogP contribution in [0.5, 0.6) is 0 Å². The second-order valence-corrected chi connectivity index (χ2v) is 7.53. The molecule has 4 aromatic rings. The third-order valence-corrected chi connectivity index (χ3v) is 6.16. The number of ketones is 1. The minimum Gasteiger partial charge on any atom is -0.298 e. The number of thioether (sulfide) groups is 1. The summed E-state index contributed by atoms with van der Waals surface area (Å²) < 4.78 is 3.13. The monoisotopic (exact) mass is 358 g/mol. The number of halogens is 1. The summed E-state index contributed by atoms with van der Waals surface area (Å²) in [4.78, 5) is 18.2. The van der Waals surface area contributed by atoms with Crippen LogP contribution < -0.4 is 0 Å². The highest BCUT2D eigenvalue weighted by Crippen LogP contribution is 2.38. The Kier molecular flexibility index (Phi) is 3.64. The SMILES string of the molecule is CSc1sc(C(=O)c2ccc(Cl)cc2)c2nc3ccccn3c12. The minimum absolute atomic E-state index is 0.0135. The molecular formula is C17H11ClN2OS2. The zero-order chi connectivity index (χ0) is 16.0. The van der Waals surface area contributed by atoms with Crippen molar-refractivity contribution in [2.45, 2.75) is 4.21 Å². The normalized spacial score (nSPS) is 11.4. The number of thiophene rings is 1. The van der Waals surface area contributed by atoms with Gasteiger partial charge in [-0.1, -0.05) is 17.7 Å². The second-order valence-electron chi connectivity index (χ2n) is 5.00. The van der Waals surface area contributed by atoms with E-state index in [4.69, 9.17) is 11.6 Å². The lowest BCUT2D eigenvalue weighted by Gasteiger charge is -1.98. The van der Waals surface area contributed by atoms with Gasteiger partial charge in [0.15, 0.2) is 0 Å². The highest BCUT2D eigenvalue weighted by atomic mass is 35.5. The van der Waals surface area contributed by atoms with Gasteiger partial charge in [-0.25, -0.2) is 4.98 Å². The van der Waals surface area contributed by atoms with Gasteiger partial charge in [0, 0.05) is 16.8 Å². The van der Waals surface area contributed by atoms with Crippen LogP contribution in [0.4, 0.5) is 0 Å². The van der Waals surface area contributed by atoms with E-state index in [2.05, 4.69) is 4.98 Å². The van der Waals surface area contributed by atoms with E-state index in [0.717, 1.165) is 20.9 Å². The molecule has 0 N–H and O–H groups in total. The van der Waals surface area contributed by atoms with Crippen LogP contribution in [0.15, 0.2) is 52.9 Å². The molecule has 114 valence electrons. The van der Waals surface area contributed by atoms with Crippen LogP contribution in [0, 0.1) is 0 Å². The number of benzene rings is 1. The highest BCUT2D eigenvalue weighted by Gasteiger charge is 2.22. The molecule has 0 bridgehead atoms. The van der Waals surface area contributed by atoms with E-state index in [-0.39, 0.29) is 5.78 Å². The Hall–Kier alpha value is -1.82. The first kappa shape index (κ1) is 14.8. The zero-order valence-corrected chi connectivity index (χ0v) is 14.5. The summed E-state index contributed by atoms with van der Waals surface area (Å²) in [6, 6.07) is 12.8. The Labute approximate surface area is 145 Å². The Morgan fingerprint density at radius 2 is 2.00 bits per heavy atom. The van der Waals surface area contributed by atoms with Crippen molar-refractivity contribution in [3.8, 4) is 0 Å². The Morgan fingerprint density at radius 3 is 2.74 bits per heavy atom. The topological polar surface area (TPSA) is 34.4 Å². The number of imidazole rings is 1. The van der Waals surface area contributed by atoms with Gasteiger partial charge in [-0.15, -0.1) is 23.1 Å². The van der Waals surface area contributed by atoms with E-state index in [1.165, 1.54) is 11.3 Å². The maximum atomic E-state index is 12.9. The van der Waals surface area contributed by atoms with Gasteiger partial charge in [0.2, 0.25) is 5.78 Å². The molecule has 6 heteroatoms. The summed E-state index contributed by atoms with van der Waals surface area (Å²) in [5.74, 6) is -0.0135. The first-order valence-corrected chi connectivity index (χ1v) is 9.35. The summed E-state index contributed by atoms with van der Waals surface area (Å²) in [6.07, 6.45) is 4.00. The number of carbonyl (C=O) groups is 1. The molecule has 3 nitrogen and oxygen atoms in total. The highest BCUT2D eigenvalue weighted by molar-refractivity contribution is 8.00. The van der Waals surface area contributed by atoms with Gasteiger partial charge >= 0.3 is 0 Å². The van der Waals surface area contributed by atoms with E-state index in [0.29, 0.717) is 15.5 Å². The number of rotatable bonds is 3. The first-order valence-electron chi connectivity index (χ1n) is 6.93. The number of pyridine rings is 1. The average molecular weight is 359 g/mol. The van der Waals surface area contributed by atoms with Gasteiger partial charge in [-0.3, -0.25) is 9.20 Å². The van der Waals surface area contributed by atoms with Crippen LogP contribution in [0.25, 0.3) is 16.7 Å². The molecule has 23 heavy (non-hydrogen) atoms. The lowest BCUT2D eigenvalue weighted by Crippen LogP contribution is -1.98. The van der Waals surface area contributed by atoms with Crippen LogP contribution in [0.1, 0.15) is 15.2 Å². The fraction of sp³-hybridized carbons (Fsp3) is 0.0588. The van der Waals surface area contributed by atoms with E-state index >= 15 is 0 Å². The maximum Gasteiger partial charge on any atom is 0.205 e.